The molecule has 3 nitrogen and oxygen atoms in total. The number of rotatable bonds is 8. The minimum Gasteiger partial charge on any atom is -0.351 e. The average molecular weight is 377 g/mol. The fourth-order valence-electron chi connectivity index (χ4n) is 3.23. The van der Waals surface area contributed by atoms with Gasteiger partial charge in [0.05, 0.1) is 0 Å². The molecule has 0 spiro atoms. The van der Waals surface area contributed by atoms with Crippen molar-refractivity contribution in [2.75, 3.05) is 13.1 Å². The number of benzene rings is 3. The number of hydrogen-bond donors (Lipinski definition) is 2. The van der Waals surface area contributed by atoms with E-state index in [1.807, 2.05) is 23.5 Å². The van der Waals surface area contributed by atoms with Crippen LogP contribution in [0.3, 0.4) is 0 Å². The van der Waals surface area contributed by atoms with E-state index in [2.05, 4.69) is 48.6 Å². The van der Waals surface area contributed by atoms with Crippen LogP contribution in [0.4, 0.5) is 4.39 Å². The van der Waals surface area contributed by atoms with E-state index < -0.39 is 0 Å². The minimum absolute atomic E-state index is 0.0515. The Bertz CT molecular complexity index is 894. The number of carbonyl (C=O) groups excluding carboxylic acids is 1. The molecule has 144 valence electrons. The molecule has 3 N–H and O–H groups in total. The van der Waals surface area contributed by atoms with Crippen molar-refractivity contribution in [3.63, 3.8) is 0 Å². The molecular weight excluding hydrogens is 351 g/mol. The SMILES string of the molecule is Cc1ccc([C@@H]([NH2+]CC(=O)NCCc2ccccc2F)c2ccccc2)cc1. The number of nitrogens with one attached hydrogen (secondary N) is 1. The van der Waals surface area contributed by atoms with Crippen LogP contribution in [-0.2, 0) is 11.2 Å². The van der Waals surface area contributed by atoms with Crippen molar-refractivity contribution in [2.45, 2.75) is 19.4 Å². The summed E-state index contributed by atoms with van der Waals surface area (Å²) in [7, 11) is 0. The van der Waals surface area contributed by atoms with Gasteiger partial charge in [-0.15, -0.1) is 0 Å². The van der Waals surface area contributed by atoms with Gasteiger partial charge in [0.25, 0.3) is 5.91 Å². The predicted octanol–water partition coefficient (Wildman–Crippen LogP) is 3.15. The summed E-state index contributed by atoms with van der Waals surface area (Å²) in [6, 6.07) is 25.3. The number of hydrogen-bond acceptors (Lipinski definition) is 1. The average Bonchev–Trinajstić information content (AvgIpc) is 2.72. The summed E-state index contributed by atoms with van der Waals surface area (Å²) in [6.45, 7) is 2.80. The van der Waals surface area contributed by atoms with Gasteiger partial charge in [-0.1, -0.05) is 78.4 Å². The lowest BCUT2D eigenvalue weighted by molar-refractivity contribution is -0.676. The zero-order valence-electron chi connectivity index (χ0n) is 16.1. The number of amides is 1. The second-order valence-corrected chi connectivity index (χ2v) is 6.93. The first-order chi connectivity index (χ1) is 13.6. The fourth-order valence-corrected chi connectivity index (χ4v) is 3.23. The van der Waals surface area contributed by atoms with Crippen molar-refractivity contribution in [2.24, 2.45) is 0 Å². The number of quaternary nitrogens is 1. The number of aryl methyl sites for hydroxylation is 1. The van der Waals surface area contributed by atoms with Crippen LogP contribution in [-0.4, -0.2) is 19.0 Å². The van der Waals surface area contributed by atoms with Gasteiger partial charge in [0.15, 0.2) is 6.54 Å². The number of halogens is 1. The molecule has 0 aliphatic heterocycles. The van der Waals surface area contributed by atoms with Gasteiger partial charge >= 0.3 is 0 Å². The van der Waals surface area contributed by atoms with Crippen molar-refractivity contribution in [1.29, 1.82) is 0 Å². The number of carbonyl (C=O) groups is 1. The van der Waals surface area contributed by atoms with E-state index in [9.17, 15) is 9.18 Å². The van der Waals surface area contributed by atoms with Crippen molar-refractivity contribution in [3.8, 4) is 0 Å². The molecule has 0 radical (unpaired) electrons. The summed E-state index contributed by atoms with van der Waals surface area (Å²) in [6.07, 6.45) is 0.485. The van der Waals surface area contributed by atoms with Crippen molar-refractivity contribution in [1.82, 2.24) is 5.32 Å². The highest BCUT2D eigenvalue weighted by atomic mass is 19.1. The zero-order valence-corrected chi connectivity index (χ0v) is 16.1. The third kappa shape index (κ3) is 5.51. The van der Waals surface area contributed by atoms with Crippen LogP contribution in [0, 0.1) is 12.7 Å². The van der Waals surface area contributed by atoms with Crippen LogP contribution in [0.1, 0.15) is 28.3 Å². The Hall–Kier alpha value is -2.98. The van der Waals surface area contributed by atoms with Gasteiger partial charge in [-0.05, 0) is 25.0 Å². The largest absolute Gasteiger partial charge is 0.351 e. The molecule has 0 saturated carbocycles. The Morgan fingerprint density at radius 3 is 2.29 bits per heavy atom. The second-order valence-electron chi connectivity index (χ2n) is 6.93. The normalized spacial score (nSPS) is 11.8. The third-order valence-electron chi connectivity index (χ3n) is 4.81. The maximum absolute atomic E-state index is 13.7. The molecule has 0 heterocycles. The molecule has 0 bridgehead atoms. The first-order valence-electron chi connectivity index (χ1n) is 9.58. The Balaban J connectivity index is 1.58. The summed E-state index contributed by atoms with van der Waals surface area (Å²) in [5.74, 6) is -0.281. The van der Waals surface area contributed by atoms with Crippen LogP contribution in [0.5, 0.6) is 0 Å². The highest BCUT2D eigenvalue weighted by molar-refractivity contribution is 5.76. The minimum atomic E-state index is -0.230. The molecular formula is C24H26FN2O+. The molecule has 0 aliphatic rings. The Labute approximate surface area is 165 Å². The van der Waals surface area contributed by atoms with Crippen molar-refractivity contribution >= 4 is 5.91 Å². The van der Waals surface area contributed by atoms with Crippen molar-refractivity contribution in [3.05, 3.63) is 107 Å². The molecule has 0 aromatic heterocycles. The fraction of sp³-hybridized carbons (Fsp3) is 0.208. The quantitative estimate of drug-likeness (QED) is 0.622. The van der Waals surface area contributed by atoms with E-state index in [4.69, 9.17) is 0 Å². The van der Waals surface area contributed by atoms with E-state index in [1.165, 1.54) is 11.6 Å². The standard InChI is InChI=1S/C24H25FN2O/c1-18-11-13-21(14-12-18)24(20-8-3-2-4-9-20)27-17-23(28)26-16-15-19-7-5-6-10-22(19)25/h2-14,24,27H,15-17H2,1H3,(H,26,28)/p+1/t24-/m0/s1. The van der Waals surface area contributed by atoms with E-state index >= 15 is 0 Å². The smallest absolute Gasteiger partial charge is 0.275 e. The highest BCUT2D eigenvalue weighted by Gasteiger charge is 2.18. The molecule has 3 aromatic carbocycles. The molecule has 3 rings (SSSR count). The molecule has 1 atom stereocenters. The third-order valence-corrected chi connectivity index (χ3v) is 4.81. The molecule has 4 heteroatoms. The highest BCUT2D eigenvalue weighted by Crippen LogP contribution is 2.18. The lowest BCUT2D eigenvalue weighted by Crippen LogP contribution is -2.87. The Kier molecular flexibility index (Phi) is 6.93. The summed E-state index contributed by atoms with van der Waals surface area (Å²) in [5.41, 5.74) is 4.15. The van der Waals surface area contributed by atoms with Gasteiger partial charge in [-0.25, -0.2) is 4.39 Å². The molecule has 3 aromatic rings. The summed E-state index contributed by atoms with van der Waals surface area (Å²) < 4.78 is 13.7. The number of nitrogens with two attached hydrogens (primary N) is 1. The molecule has 0 fully saturated rings. The Morgan fingerprint density at radius 1 is 0.929 bits per heavy atom. The zero-order chi connectivity index (χ0) is 19.8. The molecule has 1 amide bonds. The van der Waals surface area contributed by atoms with Crippen LogP contribution in [0.15, 0.2) is 78.9 Å². The van der Waals surface area contributed by atoms with Gasteiger partial charge in [0.1, 0.15) is 11.9 Å². The monoisotopic (exact) mass is 377 g/mol. The predicted molar refractivity (Wildman–Crippen MR) is 109 cm³/mol. The summed E-state index contributed by atoms with van der Waals surface area (Å²) in [4.78, 5) is 12.3. The molecule has 28 heavy (non-hydrogen) atoms. The lowest BCUT2D eigenvalue weighted by Gasteiger charge is -2.17. The van der Waals surface area contributed by atoms with Crippen LogP contribution in [0.2, 0.25) is 0 Å². The second kappa shape index (κ2) is 9.81. The molecule has 0 aliphatic carbocycles. The Morgan fingerprint density at radius 2 is 1.57 bits per heavy atom. The lowest BCUT2D eigenvalue weighted by atomic mass is 9.98. The maximum atomic E-state index is 13.7. The van der Waals surface area contributed by atoms with E-state index in [1.54, 1.807) is 18.2 Å². The molecule has 0 saturated heterocycles. The van der Waals surface area contributed by atoms with Gasteiger partial charge in [-0.2, -0.15) is 0 Å². The first kappa shape index (κ1) is 19.8. The van der Waals surface area contributed by atoms with Crippen LogP contribution < -0.4 is 10.6 Å². The van der Waals surface area contributed by atoms with E-state index in [-0.39, 0.29) is 17.8 Å². The van der Waals surface area contributed by atoms with Gasteiger partial charge in [-0.3, -0.25) is 4.79 Å². The van der Waals surface area contributed by atoms with Crippen LogP contribution >= 0.6 is 0 Å². The summed E-state index contributed by atoms with van der Waals surface area (Å²) >= 11 is 0. The van der Waals surface area contributed by atoms with Crippen LogP contribution in [0.25, 0.3) is 0 Å². The first-order valence-corrected chi connectivity index (χ1v) is 9.58. The topological polar surface area (TPSA) is 45.7 Å². The maximum Gasteiger partial charge on any atom is 0.275 e. The van der Waals surface area contributed by atoms with Gasteiger partial charge in [0.2, 0.25) is 0 Å². The van der Waals surface area contributed by atoms with Crippen molar-refractivity contribution < 1.29 is 14.5 Å². The van der Waals surface area contributed by atoms with E-state index in [0.29, 0.717) is 25.1 Å². The van der Waals surface area contributed by atoms with Gasteiger partial charge in [0, 0.05) is 17.7 Å². The summed E-state index contributed by atoms with van der Waals surface area (Å²) in [5, 5.41) is 4.93. The molecule has 0 unspecified atom stereocenters. The van der Waals surface area contributed by atoms with E-state index in [0.717, 1.165) is 11.1 Å². The van der Waals surface area contributed by atoms with Gasteiger partial charge < -0.3 is 10.6 Å².